The lowest BCUT2D eigenvalue weighted by atomic mass is 9.98. The molecule has 0 aliphatic carbocycles. The Labute approximate surface area is 198 Å². The fourth-order valence-corrected chi connectivity index (χ4v) is 4.78. The van der Waals surface area contributed by atoms with Crippen molar-refractivity contribution in [3.63, 3.8) is 0 Å². The number of amides is 1. The first-order chi connectivity index (χ1) is 16.3. The molecule has 0 saturated carbocycles. The summed E-state index contributed by atoms with van der Waals surface area (Å²) in [6.45, 7) is 4.68. The molecule has 1 aliphatic rings. The van der Waals surface area contributed by atoms with E-state index < -0.39 is 11.7 Å². The molecule has 0 unspecified atom stereocenters. The smallest absolute Gasteiger partial charge is 0.338 e. The highest BCUT2D eigenvalue weighted by Crippen LogP contribution is 2.37. The second kappa shape index (κ2) is 10.4. The summed E-state index contributed by atoms with van der Waals surface area (Å²) in [5.41, 5.74) is 2.37. The van der Waals surface area contributed by atoms with Crippen LogP contribution in [0.4, 0.5) is 13.2 Å². The van der Waals surface area contributed by atoms with Gasteiger partial charge in [0.25, 0.3) is 0 Å². The monoisotopic (exact) mass is 466 g/mol. The van der Waals surface area contributed by atoms with Gasteiger partial charge < -0.3 is 4.90 Å². The average molecular weight is 467 g/mol. The van der Waals surface area contributed by atoms with Gasteiger partial charge in [-0.05, 0) is 41.2 Å². The van der Waals surface area contributed by atoms with E-state index in [9.17, 15) is 18.0 Å². The van der Waals surface area contributed by atoms with Crippen molar-refractivity contribution in [3.8, 4) is 11.1 Å². The lowest BCUT2D eigenvalue weighted by Crippen LogP contribution is -2.44. The molecule has 3 aromatic carbocycles. The molecule has 6 heteroatoms. The second-order valence-corrected chi connectivity index (χ2v) is 8.88. The van der Waals surface area contributed by atoms with Crippen LogP contribution in [0.1, 0.15) is 30.0 Å². The fraction of sp³-hybridized carbons (Fsp3) is 0.321. The molecule has 3 nitrogen and oxygen atoms in total. The second-order valence-electron chi connectivity index (χ2n) is 8.88. The van der Waals surface area contributed by atoms with Gasteiger partial charge in [-0.3, -0.25) is 9.69 Å². The number of hydrogen-bond donors (Lipinski definition) is 0. The van der Waals surface area contributed by atoms with Gasteiger partial charge in [-0.25, -0.2) is 0 Å². The lowest BCUT2D eigenvalue weighted by molar-refractivity contribution is -0.137. The average Bonchev–Trinajstić information content (AvgIpc) is 3.01. The summed E-state index contributed by atoms with van der Waals surface area (Å²) in [5.74, 6) is 0.0930. The summed E-state index contributed by atoms with van der Waals surface area (Å²) in [4.78, 5) is 16.6. The van der Waals surface area contributed by atoms with E-state index >= 15 is 0 Å². The predicted molar refractivity (Wildman–Crippen MR) is 128 cm³/mol. The summed E-state index contributed by atoms with van der Waals surface area (Å²) in [5, 5.41) is 0. The molecule has 0 N–H and O–H groups in total. The minimum absolute atomic E-state index is 0.0836. The van der Waals surface area contributed by atoms with Crippen LogP contribution in [-0.2, 0) is 23.9 Å². The van der Waals surface area contributed by atoms with Crippen LogP contribution in [0.25, 0.3) is 11.1 Å². The molecular formula is C28H29F3N2O. The molecule has 1 aliphatic heterocycles. The van der Waals surface area contributed by atoms with E-state index in [2.05, 4.69) is 17.0 Å². The molecule has 1 atom stereocenters. The third-order valence-electron chi connectivity index (χ3n) is 6.41. The van der Waals surface area contributed by atoms with Crippen molar-refractivity contribution in [1.29, 1.82) is 0 Å². The molecule has 1 amide bonds. The van der Waals surface area contributed by atoms with Gasteiger partial charge in [-0.15, -0.1) is 0 Å². The molecular weight excluding hydrogens is 437 g/mol. The maximum Gasteiger partial charge on any atom is 0.417 e. The van der Waals surface area contributed by atoms with E-state index in [1.165, 1.54) is 17.7 Å². The van der Waals surface area contributed by atoms with Crippen molar-refractivity contribution in [2.75, 3.05) is 19.6 Å². The summed E-state index contributed by atoms with van der Waals surface area (Å²) in [6.07, 6.45) is -2.70. The molecule has 1 heterocycles. The Balaban J connectivity index is 1.49. The highest BCUT2D eigenvalue weighted by Gasteiger charge is 2.33. The van der Waals surface area contributed by atoms with Crippen molar-refractivity contribution in [2.45, 2.75) is 38.5 Å². The van der Waals surface area contributed by atoms with Crippen molar-refractivity contribution < 1.29 is 18.0 Å². The summed E-state index contributed by atoms with van der Waals surface area (Å²) in [6, 6.07) is 23.3. The minimum Gasteiger partial charge on any atom is -0.338 e. The van der Waals surface area contributed by atoms with Crippen LogP contribution >= 0.6 is 0 Å². The van der Waals surface area contributed by atoms with Crippen molar-refractivity contribution >= 4 is 5.91 Å². The number of nitrogens with zero attached hydrogens (tertiary/aromatic N) is 2. The fourth-order valence-electron chi connectivity index (χ4n) is 4.78. The number of carbonyl (C=O) groups excluding carboxylic acids is 1. The zero-order valence-corrected chi connectivity index (χ0v) is 19.3. The Morgan fingerprint density at radius 1 is 0.882 bits per heavy atom. The molecule has 34 heavy (non-hydrogen) atoms. The van der Waals surface area contributed by atoms with E-state index in [1.807, 2.05) is 35.2 Å². The zero-order chi connectivity index (χ0) is 24.1. The van der Waals surface area contributed by atoms with Crippen LogP contribution in [-0.4, -0.2) is 41.4 Å². The first kappa shape index (κ1) is 24.0. The highest BCUT2D eigenvalue weighted by molar-refractivity contribution is 5.73. The van der Waals surface area contributed by atoms with Gasteiger partial charge in [0, 0.05) is 39.1 Å². The number of hydrogen-bond acceptors (Lipinski definition) is 2. The Morgan fingerprint density at radius 2 is 1.56 bits per heavy atom. The third kappa shape index (κ3) is 5.86. The van der Waals surface area contributed by atoms with E-state index in [0.29, 0.717) is 12.1 Å². The zero-order valence-electron chi connectivity index (χ0n) is 19.3. The topological polar surface area (TPSA) is 23.6 Å². The van der Waals surface area contributed by atoms with Gasteiger partial charge in [0.2, 0.25) is 5.91 Å². The summed E-state index contributed by atoms with van der Waals surface area (Å²) in [7, 11) is 0. The minimum atomic E-state index is -4.39. The van der Waals surface area contributed by atoms with Gasteiger partial charge in [-0.2, -0.15) is 13.2 Å². The number of benzene rings is 3. The number of carbonyl (C=O) groups is 1. The van der Waals surface area contributed by atoms with Crippen LogP contribution in [0.2, 0.25) is 0 Å². The van der Waals surface area contributed by atoms with Gasteiger partial charge in [-0.1, -0.05) is 72.8 Å². The van der Waals surface area contributed by atoms with Gasteiger partial charge in [0.1, 0.15) is 0 Å². The van der Waals surface area contributed by atoms with E-state index in [-0.39, 0.29) is 17.5 Å². The molecule has 0 aromatic heterocycles. The van der Waals surface area contributed by atoms with Crippen LogP contribution in [0, 0.1) is 0 Å². The van der Waals surface area contributed by atoms with Crippen LogP contribution in [0.15, 0.2) is 78.9 Å². The molecule has 0 radical (unpaired) electrons. The first-order valence-electron chi connectivity index (χ1n) is 11.6. The number of alkyl halides is 3. The molecule has 0 spiro atoms. The van der Waals surface area contributed by atoms with Crippen molar-refractivity contribution in [1.82, 2.24) is 9.80 Å². The van der Waals surface area contributed by atoms with Crippen molar-refractivity contribution in [3.05, 3.63) is 95.6 Å². The number of halogens is 3. The van der Waals surface area contributed by atoms with Gasteiger partial charge in [0.05, 0.1) is 5.56 Å². The van der Waals surface area contributed by atoms with E-state index in [0.717, 1.165) is 44.1 Å². The quantitative estimate of drug-likeness (QED) is 0.458. The predicted octanol–water partition coefficient (Wildman–Crippen LogP) is 6.04. The molecule has 1 fully saturated rings. The summed E-state index contributed by atoms with van der Waals surface area (Å²) < 4.78 is 40.2. The first-order valence-corrected chi connectivity index (χ1v) is 11.6. The maximum absolute atomic E-state index is 13.4. The Hall–Kier alpha value is -3.12. The van der Waals surface area contributed by atoms with Crippen LogP contribution in [0.3, 0.4) is 0 Å². The van der Waals surface area contributed by atoms with Crippen LogP contribution in [0.5, 0.6) is 0 Å². The van der Waals surface area contributed by atoms with Crippen molar-refractivity contribution in [2.24, 2.45) is 0 Å². The Morgan fingerprint density at radius 3 is 2.24 bits per heavy atom. The standard InChI is InChI=1S/C28H29F3N2O/c1-21(34)33-17-7-16-32(20-25(33)18-22-8-3-2-4-9-22)19-23-12-14-24(15-13-23)26-10-5-6-11-27(26)28(29,30)31/h2-6,8-15,25H,7,16-20H2,1H3/t25-/m0/s1. The normalized spacial score (nSPS) is 17.4. The van der Waals surface area contributed by atoms with E-state index in [1.54, 1.807) is 25.1 Å². The molecule has 1 saturated heterocycles. The molecule has 3 aromatic rings. The van der Waals surface area contributed by atoms with Gasteiger partial charge >= 0.3 is 6.18 Å². The molecule has 4 rings (SSSR count). The van der Waals surface area contributed by atoms with Gasteiger partial charge in [0.15, 0.2) is 0 Å². The SMILES string of the molecule is CC(=O)N1CCCN(Cc2ccc(-c3ccccc3C(F)(F)F)cc2)C[C@@H]1Cc1ccccc1. The number of rotatable bonds is 5. The highest BCUT2D eigenvalue weighted by atomic mass is 19.4. The molecule has 178 valence electrons. The molecule has 0 bridgehead atoms. The summed E-state index contributed by atoms with van der Waals surface area (Å²) >= 11 is 0. The lowest BCUT2D eigenvalue weighted by Gasteiger charge is -2.31. The Bertz CT molecular complexity index is 1100. The van der Waals surface area contributed by atoms with Crippen LogP contribution < -0.4 is 0 Å². The maximum atomic E-state index is 13.4. The van der Waals surface area contributed by atoms with E-state index in [4.69, 9.17) is 0 Å². The largest absolute Gasteiger partial charge is 0.417 e. The Kier molecular flexibility index (Phi) is 7.37. The third-order valence-corrected chi connectivity index (χ3v) is 6.41.